The van der Waals surface area contributed by atoms with E-state index < -0.39 is 29.8 Å². The molecule has 0 unspecified atom stereocenters. The van der Waals surface area contributed by atoms with E-state index >= 15 is 0 Å². The standard InChI is InChI=1S/C14H13ClFN3O5S/c1-17-12(21)19(13(22)18(2)14(17)25)9-5-10(7(15)4-8(9)16)24-6-11(20)23-3/h4-5H,6H2,1-3H3. The molecule has 0 N–H and O–H groups in total. The Bertz CT molecular complexity index is 987. The van der Waals surface area contributed by atoms with Gasteiger partial charge in [-0.1, -0.05) is 11.6 Å². The molecule has 25 heavy (non-hydrogen) atoms. The highest BCUT2D eigenvalue weighted by Gasteiger charge is 2.18. The fourth-order valence-electron chi connectivity index (χ4n) is 1.97. The van der Waals surface area contributed by atoms with Gasteiger partial charge >= 0.3 is 17.3 Å². The molecule has 2 rings (SSSR count). The minimum Gasteiger partial charge on any atom is -0.480 e. The Morgan fingerprint density at radius 1 is 1.24 bits per heavy atom. The maximum absolute atomic E-state index is 14.3. The number of nitrogens with zero attached hydrogens (tertiary/aromatic N) is 3. The van der Waals surface area contributed by atoms with Crippen LogP contribution in [-0.4, -0.2) is 33.4 Å². The summed E-state index contributed by atoms with van der Waals surface area (Å²) < 4.78 is 26.5. The molecule has 0 bridgehead atoms. The number of esters is 1. The molecule has 1 heterocycles. The Morgan fingerprint density at radius 3 is 2.32 bits per heavy atom. The molecule has 0 saturated heterocycles. The lowest BCUT2D eigenvalue weighted by Crippen LogP contribution is -2.43. The van der Waals surface area contributed by atoms with Gasteiger partial charge in [0.15, 0.2) is 11.4 Å². The average Bonchev–Trinajstić information content (AvgIpc) is 2.58. The second-order valence-electron chi connectivity index (χ2n) is 4.90. The summed E-state index contributed by atoms with van der Waals surface area (Å²) in [5.41, 5.74) is -2.07. The number of aromatic nitrogens is 3. The first-order valence-electron chi connectivity index (χ1n) is 6.77. The number of ether oxygens (including phenoxy) is 2. The highest BCUT2D eigenvalue weighted by molar-refractivity contribution is 7.71. The Morgan fingerprint density at radius 2 is 1.80 bits per heavy atom. The zero-order valence-corrected chi connectivity index (χ0v) is 15.0. The fourth-order valence-corrected chi connectivity index (χ4v) is 2.33. The lowest BCUT2D eigenvalue weighted by Gasteiger charge is -2.13. The van der Waals surface area contributed by atoms with Crippen molar-refractivity contribution in [3.8, 4) is 11.4 Å². The van der Waals surface area contributed by atoms with Gasteiger partial charge in [0, 0.05) is 20.2 Å². The number of methoxy groups -OCH3 is 1. The van der Waals surface area contributed by atoms with Gasteiger partial charge in [-0.2, -0.15) is 0 Å². The first-order chi connectivity index (χ1) is 11.7. The SMILES string of the molecule is COC(=O)COc1cc(-n2c(=O)n(C)c(=S)n(C)c2=O)c(F)cc1Cl. The van der Waals surface area contributed by atoms with Crippen LogP contribution in [0, 0.1) is 10.6 Å². The van der Waals surface area contributed by atoms with Crippen molar-refractivity contribution < 1.29 is 18.7 Å². The van der Waals surface area contributed by atoms with Gasteiger partial charge < -0.3 is 9.47 Å². The van der Waals surface area contributed by atoms with Gasteiger partial charge in [-0.25, -0.2) is 23.3 Å². The third-order valence-electron chi connectivity index (χ3n) is 3.35. The molecule has 0 spiro atoms. The third kappa shape index (κ3) is 3.49. The van der Waals surface area contributed by atoms with Crippen LogP contribution < -0.4 is 16.1 Å². The summed E-state index contributed by atoms with van der Waals surface area (Å²) in [7, 11) is 3.87. The Kier molecular flexibility index (Phi) is 5.43. The summed E-state index contributed by atoms with van der Waals surface area (Å²) in [5, 5.41) is -0.140. The predicted molar refractivity (Wildman–Crippen MR) is 89.6 cm³/mol. The molecule has 2 aromatic rings. The molecular formula is C14H13ClFN3O5S. The fraction of sp³-hybridized carbons (Fsp3) is 0.286. The summed E-state index contributed by atoms with van der Waals surface area (Å²) in [6.07, 6.45) is 0. The third-order valence-corrected chi connectivity index (χ3v) is 4.19. The first-order valence-corrected chi connectivity index (χ1v) is 7.55. The molecule has 0 radical (unpaired) electrons. The molecule has 0 saturated carbocycles. The van der Waals surface area contributed by atoms with E-state index in [4.69, 9.17) is 28.6 Å². The summed E-state index contributed by atoms with van der Waals surface area (Å²) >= 11 is 10.8. The molecule has 0 aliphatic rings. The lowest BCUT2D eigenvalue weighted by atomic mass is 10.2. The van der Waals surface area contributed by atoms with Gasteiger partial charge in [-0.3, -0.25) is 9.13 Å². The number of hydrogen-bond donors (Lipinski definition) is 0. The highest BCUT2D eigenvalue weighted by atomic mass is 35.5. The van der Waals surface area contributed by atoms with Crippen molar-refractivity contribution in [2.45, 2.75) is 0 Å². The van der Waals surface area contributed by atoms with Crippen molar-refractivity contribution in [2.75, 3.05) is 13.7 Å². The Hall–Kier alpha value is -2.46. The van der Waals surface area contributed by atoms with E-state index in [9.17, 15) is 18.8 Å². The molecular weight excluding hydrogens is 377 g/mol. The summed E-state index contributed by atoms with van der Waals surface area (Å²) in [5.74, 6) is -1.70. The van der Waals surface area contributed by atoms with Crippen LogP contribution in [0.2, 0.25) is 5.02 Å². The van der Waals surface area contributed by atoms with Crippen molar-refractivity contribution in [3.05, 3.63) is 48.7 Å². The molecule has 11 heteroatoms. The van der Waals surface area contributed by atoms with E-state index in [1.54, 1.807) is 0 Å². The van der Waals surface area contributed by atoms with Gasteiger partial charge in [-0.15, -0.1) is 0 Å². The molecule has 1 aromatic carbocycles. The van der Waals surface area contributed by atoms with Crippen molar-refractivity contribution in [1.29, 1.82) is 0 Å². The second-order valence-corrected chi connectivity index (χ2v) is 5.67. The lowest BCUT2D eigenvalue weighted by molar-refractivity contribution is -0.142. The van der Waals surface area contributed by atoms with Crippen LogP contribution in [0.25, 0.3) is 5.69 Å². The molecule has 0 amide bonds. The van der Waals surface area contributed by atoms with Gasteiger partial charge in [0.2, 0.25) is 0 Å². The van der Waals surface area contributed by atoms with Crippen molar-refractivity contribution in [2.24, 2.45) is 14.1 Å². The Labute approximate surface area is 150 Å². The Balaban J connectivity index is 2.69. The maximum Gasteiger partial charge on any atom is 0.343 e. The molecule has 0 aliphatic carbocycles. The van der Waals surface area contributed by atoms with Crippen LogP contribution in [0.3, 0.4) is 0 Å². The predicted octanol–water partition coefficient (Wildman–Crippen LogP) is 0.948. The number of carbonyl (C=O) groups is 1. The average molecular weight is 390 g/mol. The normalized spacial score (nSPS) is 10.6. The quantitative estimate of drug-likeness (QED) is 0.572. The zero-order chi connectivity index (χ0) is 18.9. The number of rotatable bonds is 4. The van der Waals surface area contributed by atoms with Crippen molar-refractivity contribution in [3.63, 3.8) is 0 Å². The van der Waals surface area contributed by atoms with Gasteiger partial charge in [-0.05, 0) is 18.3 Å². The smallest absolute Gasteiger partial charge is 0.343 e. The van der Waals surface area contributed by atoms with Gasteiger partial charge in [0.05, 0.1) is 17.8 Å². The second kappa shape index (κ2) is 7.19. The van der Waals surface area contributed by atoms with Crippen LogP contribution >= 0.6 is 23.8 Å². The first kappa shape index (κ1) is 18.9. The zero-order valence-electron chi connectivity index (χ0n) is 13.4. The number of halogens is 2. The molecule has 8 nitrogen and oxygen atoms in total. The maximum atomic E-state index is 14.3. The van der Waals surface area contributed by atoms with Crippen LogP contribution in [0.4, 0.5) is 4.39 Å². The largest absolute Gasteiger partial charge is 0.480 e. The molecule has 134 valence electrons. The van der Waals surface area contributed by atoms with Gasteiger partial charge in [0.1, 0.15) is 11.6 Å². The molecule has 0 atom stereocenters. The van der Waals surface area contributed by atoms with Crippen LogP contribution in [0.1, 0.15) is 0 Å². The van der Waals surface area contributed by atoms with E-state index in [1.807, 2.05) is 0 Å². The summed E-state index contributed by atoms with van der Waals surface area (Å²) in [6, 6.07) is 1.92. The van der Waals surface area contributed by atoms with Crippen LogP contribution in [-0.2, 0) is 23.6 Å². The van der Waals surface area contributed by atoms with Crippen LogP contribution in [0.5, 0.6) is 5.75 Å². The van der Waals surface area contributed by atoms with Crippen molar-refractivity contribution in [1.82, 2.24) is 13.7 Å². The highest BCUT2D eigenvalue weighted by Crippen LogP contribution is 2.28. The number of benzene rings is 1. The van der Waals surface area contributed by atoms with Crippen LogP contribution in [0.15, 0.2) is 21.7 Å². The van der Waals surface area contributed by atoms with E-state index in [1.165, 1.54) is 21.2 Å². The molecule has 0 fully saturated rings. The van der Waals surface area contributed by atoms with E-state index in [0.29, 0.717) is 4.57 Å². The monoisotopic (exact) mass is 389 g/mol. The number of carbonyl (C=O) groups excluding carboxylic acids is 1. The van der Waals surface area contributed by atoms with Crippen molar-refractivity contribution >= 4 is 29.8 Å². The minimum atomic E-state index is -0.924. The molecule has 0 aliphatic heterocycles. The van der Waals surface area contributed by atoms with E-state index in [-0.39, 0.29) is 21.2 Å². The minimum absolute atomic E-state index is 0.0252. The summed E-state index contributed by atoms with van der Waals surface area (Å²) in [4.78, 5) is 35.9. The van der Waals surface area contributed by atoms with E-state index in [0.717, 1.165) is 21.3 Å². The topological polar surface area (TPSA) is 84.5 Å². The van der Waals surface area contributed by atoms with Gasteiger partial charge in [0.25, 0.3) is 0 Å². The summed E-state index contributed by atoms with van der Waals surface area (Å²) in [6.45, 7) is -0.479. The van der Waals surface area contributed by atoms with E-state index in [2.05, 4.69) is 4.74 Å². The molecule has 1 aromatic heterocycles. The number of hydrogen-bond acceptors (Lipinski definition) is 6.